The van der Waals surface area contributed by atoms with Crippen LogP contribution in [0, 0.1) is 27.7 Å². The molecule has 4 aliphatic rings. The fourth-order valence-electron chi connectivity index (χ4n) is 9.02. The Morgan fingerprint density at radius 3 is 2.09 bits per heavy atom. The van der Waals surface area contributed by atoms with Gasteiger partial charge in [0.2, 0.25) is 5.91 Å². The Balaban J connectivity index is 0.849. The highest BCUT2D eigenvalue weighted by Gasteiger charge is 2.42. The molecule has 18 heteroatoms. The van der Waals surface area contributed by atoms with E-state index in [1.54, 1.807) is 11.3 Å². The van der Waals surface area contributed by atoms with Crippen LogP contribution in [0.5, 0.6) is 0 Å². The summed E-state index contributed by atoms with van der Waals surface area (Å²) < 4.78 is 7.09. The molecule has 0 spiro atoms. The molecule has 7 heterocycles. The molecule has 1 unspecified atom stereocenters. The van der Waals surface area contributed by atoms with Crippen LogP contribution in [0.4, 0.5) is 0 Å². The molecule has 2 aromatic carbocycles. The summed E-state index contributed by atoms with van der Waals surface area (Å²) in [6.07, 6.45) is 0.892. The second-order valence-corrected chi connectivity index (χ2v) is 19.8. The van der Waals surface area contributed by atoms with Crippen molar-refractivity contribution < 1.29 is 19.1 Å². The largest absolute Gasteiger partial charge is 0.469 e. The molecule has 5 aromatic rings. The number of aliphatic imine (C=N–C) groups is 2. The molecule has 0 radical (unpaired) electrons. The predicted octanol–water partition coefficient (Wildman–Crippen LogP) is 7.87. The van der Waals surface area contributed by atoms with E-state index in [1.807, 2.05) is 74.2 Å². The Bertz CT molecular complexity index is 2830. The monoisotopic (exact) mass is 950 g/mol. The van der Waals surface area contributed by atoms with Gasteiger partial charge in [-0.1, -0.05) is 47.5 Å². The lowest BCUT2D eigenvalue weighted by molar-refractivity contribution is -0.140. The van der Waals surface area contributed by atoms with Gasteiger partial charge >= 0.3 is 5.97 Å². The number of nitrogens with one attached hydrogen (secondary N) is 1. The summed E-state index contributed by atoms with van der Waals surface area (Å²) in [4.78, 5) is 58.0. The minimum atomic E-state index is -0.584. The highest BCUT2D eigenvalue weighted by molar-refractivity contribution is 7.15. The number of carbonyl (C=O) groups is 3. The molecule has 2 amide bonds. The van der Waals surface area contributed by atoms with Gasteiger partial charge in [0.25, 0.3) is 5.91 Å². The van der Waals surface area contributed by atoms with Gasteiger partial charge in [0.05, 0.1) is 53.6 Å². The van der Waals surface area contributed by atoms with Crippen LogP contribution in [0.1, 0.15) is 103 Å². The summed E-state index contributed by atoms with van der Waals surface area (Å²) in [6, 6.07) is 14.0. The topological polar surface area (TPSA) is 159 Å². The molecule has 1 saturated heterocycles. The number of methoxy groups -OCH3 is 1. The Morgan fingerprint density at radius 2 is 1.43 bits per heavy atom. The van der Waals surface area contributed by atoms with E-state index in [1.165, 1.54) is 23.3 Å². The predicted molar refractivity (Wildman–Crippen MR) is 258 cm³/mol. The quantitative estimate of drug-likeness (QED) is 0.104. The molecule has 336 valence electrons. The highest BCUT2D eigenvalue weighted by Crippen LogP contribution is 2.43. The van der Waals surface area contributed by atoms with Gasteiger partial charge in [-0.2, -0.15) is 10.2 Å². The van der Waals surface area contributed by atoms with E-state index in [2.05, 4.69) is 49.0 Å². The van der Waals surface area contributed by atoms with Gasteiger partial charge in [-0.15, -0.1) is 32.9 Å². The summed E-state index contributed by atoms with van der Waals surface area (Å²) >= 11 is 15.7. The number of nitrogens with zero attached hydrogens (tertiary/aromatic N) is 9. The second kappa shape index (κ2) is 18.5. The third kappa shape index (κ3) is 8.62. The van der Waals surface area contributed by atoms with Crippen molar-refractivity contribution in [3.8, 4) is 5.00 Å². The number of rotatable bonds is 11. The maximum absolute atomic E-state index is 14.4. The lowest BCUT2D eigenvalue weighted by atomic mass is 9.88. The molecule has 0 saturated carbocycles. The van der Waals surface area contributed by atoms with E-state index >= 15 is 0 Å². The van der Waals surface area contributed by atoms with E-state index in [-0.39, 0.29) is 30.6 Å². The first kappa shape index (κ1) is 44.8. The summed E-state index contributed by atoms with van der Waals surface area (Å²) in [7, 11) is 1.36. The average Bonchev–Trinajstić information content (AvgIpc) is 4.00. The molecule has 3 aromatic heterocycles. The van der Waals surface area contributed by atoms with Crippen LogP contribution < -0.4 is 5.32 Å². The lowest BCUT2D eigenvalue weighted by Crippen LogP contribution is -2.49. The Hall–Kier alpha value is -5.39. The zero-order valence-corrected chi connectivity index (χ0v) is 40.1. The zero-order valence-electron chi connectivity index (χ0n) is 36.9. The third-order valence-corrected chi connectivity index (χ3v) is 15.6. The third-order valence-electron chi connectivity index (χ3n) is 12.6. The van der Waals surface area contributed by atoms with Gasteiger partial charge in [-0.05, 0) is 83.0 Å². The van der Waals surface area contributed by atoms with E-state index in [4.69, 9.17) is 37.9 Å². The van der Waals surface area contributed by atoms with Crippen LogP contribution in [0.25, 0.3) is 5.00 Å². The molecule has 9 rings (SSSR count). The fourth-order valence-corrected chi connectivity index (χ4v) is 11.9. The Kier molecular flexibility index (Phi) is 12.7. The molecule has 0 aliphatic carbocycles. The Morgan fingerprint density at radius 1 is 0.785 bits per heavy atom. The molecular weight excluding hydrogens is 904 g/mol. The molecule has 4 aliphatic heterocycles. The SMILES string of the molecule is COC(=O)C[C@@H]1N=C(c2ccc(Cl)cc2)c2c(sc(C(=O)N3CCN(CCCNC(=O)C[C@@H]4N=C(c5ccc(Cl)cc5)c5c(sc(C)c5C)-n5c(C)nnc54)CC3)c2C)C2C(C)=NN=C21. The minimum Gasteiger partial charge on any atom is -0.469 e. The number of esters is 1. The number of hydrogen-bond acceptors (Lipinski definition) is 13. The van der Waals surface area contributed by atoms with Crippen LogP contribution >= 0.6 is 45.9 Å². The van der Waals surface area contributed by atoms with Crippen molar-refractivity contribution in [3.63, 3.8) is 0 Å². The number of aryl methyl sites for hydroxylation is 2. The number of benzene rings is 2. The van der Waals surface area contributed by atoms with Crippen LogP contribution in [0.3, 0.4) is 0 Å². The maximum Gasteiger partial charge on any atom is 0.308 e. The Labute approximate surface area is 395 Å². The van der Waals surface area contributed by atoms with Crippen LogP contribution in [-0.2, 0) is 14.3 Å². The van der Waals surface area contributed by atoms with Crippen molar-refractivity contribution in [1.82, 2.24) is 29.9 Å². The first-order chi connectivity index (χ1) is 31.3. The van der Waals surface area contributed by atoms with E-state index in [9.17, 15) is 14.4 Å². The van der Waals surface area contributed by atoms with Gasteiger partial charge < -0.3 is 15.0 Å². The summed E-state index contributed by atoms with van der Waals surface area (Å²) in [5.74, 6) is 0.555. The number of carbonyl (C=O) groups excluding carboxylic acids is 3. The number of halogens is 2. The highest BCUT2D eigenvalue weighted by atomic mass is 35.5. The first-order valence-corrected chi connectivity index (χ1v) is 24.0. The number of ether oxygens (including phenoxy) is 1. The molecule has 14 nitrogen and oxygen atoms in total. The smallest absolute Gasteiger partial charge is 0.308 e. The molecular formula is C47H48Cl2N10O4S2. The number of aromatic nitrogens is 3. The van der Waals surface area contributed by atoms with E-state index < -0.39 is 18.1 Å². The normalized spacial score (nSPS) is 19.1. The van der Waals surface area contributed by atoms with Crippen LogP contribution in [0.2, 0.25) is 10.0 Å². The van der Waals surface area contributed by atoms with Gasteiger partial charge in [-0.3, -0.25) is 33.8 Å². The van der Waals surface area contributed by atoms with E-state index in [0.29, 0.717) is 64.9 Å². The van der Waals surface area contributed by atoms with E-state index in [0.717, 1.165) is 73.5 Å². The van der Waals surface area contributed by atoms with Crippen molar-refractivity contribution in [1.29, 1.82) is 0 Å². The molecule has 3 atom stereocenters. The number of piperazine rings is 1. The summed E-state index contributed by atoms with van der Waals surface area (Å²) in [5.41, 5.74) is 8.58. The minimum absolute atomic E-state index is 0.0191. The van der Waals surface area contributed by atoms with Crippen molar-refractivity contribution in [2.45, 2.75) is 71.9 Å². The zero-order chi connectivity index (χ0) is 45.7. The van der Waals surface area contributed by atoms with Gasteiger partial charge in [-0.25, -0.2) is 0 Å². The van der Waals surface area contributed by atoms with Crippen molar-refractivity contribution >= 4 is 86.5 Å². The fraction of sp³-hybridized carbons (Fsp3) is 0.383. The molecule has 1 fully saturated rings. The lowest BCUT2D eigenvalue weighted by Gasteiger charge is -2.34. The number of thiophene rings is 2. The number of hydrogen-bond donors (Lipinski definition) is 1. The average molecular weight is 952 g/mol. The number of fused-ring (bicyclic) bond motifs is 6. The first-order valence-electron chi connectivity index (χ1n) is 21.6. The van der Waals surface area contributed by atoms with Crippen molar-refractivity contribution in [3.05, 3.63) is 118 Å². The molecule has 65 heavy (non-hydrogen) atoms. The van der Waals surface area contributed by atoms with Gasteiger partial charge in [0, 0.05) is 74.8 Å². The molecule has 0 bridgehead atoms. The number of amides is 2. The summed E-state index contributed by atoms with van der Waals surface area (Å²) in [6.45, 7) is 13.9. The van der Waals surface area contributed by atoms with Crippen LogP contribution in [-0.4, -0.2) is 118 Å². The second-order valence-electron chi connectivity index (χ2n) is 16.7. The van der Waals surface area contributed by atoms with Gasteiger partial charge in [0.1, 0.15) is 22.9 Å². The standard InChI is InChI=1S/C47H48Cl2N10O4S2/c1-24-27(4)64-47-38(24)41(30-10-14-32(49)15-11-30)52-34(45-56-54-28(5)59(45)47)22-35(60)50-16-7-17-57-18-20-58(21-19-57)46(62)43-25(2)37-40(29-8-12-31(48)13-9-29)51-33(23-36(61)63-6)42-39(44(37)65-43)26(3)53-55-42/h8-15,33-34,39H,7,16-23H2,1-6H3,(H,50,60)/t33-,34-,39?/m0/s1. The van der Waals surface area contributed by atoms with Gasteiger partial charge in [0.15, 0.2) is 5.82 Å². The van der Waals surface area contributed by atoms with Crippen molar-refractivity contribution in [2.75, 3.05) is 46.4 Å². The molecule has 1 N–H and O–H groups in total. The maximum atomic E-state index is 14.4. The summed E-state index contributed by atoms with van der Waals surface area (Å²) in [5, 5.41) is 23.3. The van der Waals surface area contributed by atoms with Crippen molar-refractivity contribution in [2.24, 2.45) is 20.2 Å². The van der Waals surface area contributed by atoms with Crippen LogP contribution in [0.15, 0.2) is 68.7 Å².